The quantitative estimate of drug-likeness (QED) is 0.169. The maximum Gasteiger partial charge on any atom is 0.224 e. The fourth-order valence-corrected chi connectivity index (χ4v) is 4.12. The molecule has 0 saturated heterocycles. The van der Waals surface area contributed by atoms with Crippen LogP contribution >= 0.6 is 0 Å². The van der Waals surface area contributed by atoms with Crippen LogP contribution in [-0.2, 0) is 9.53 Å². The molecule has 0 aliphatic carbocycles. The van der Waals surface area contributed by atoms with Gasteiger partial charge in [-0.25, -0.2) is 4.39 Å². The zero-order valence-electron chi connectivity index (χ0n) is 24.0. The van der Waals surface area contributed by atoms with Crippen molar-refractivity contribution in [1.82, 2.24) is 0 Å². The van der Waals surface area contributed by atoms with Crippen LogP contribution in [0.25, 0.3) is 5.70 Å². The lowest BCUT2D eigenvalue weighted by Crippen LogP contribution is -2.13. The number of hydrogen-bond acceptors (Lipinski definition) is 5. The normalized spacial score (nSPS) is 10.7. The molecule has 2 aromatic rings. The molecule has 2 rings (SSSR count). The van der Waals surface area contributed by atoms with Gasteiger partial charge in [-0.05, 0) is 43.5 Å². The van der Waals surface area contributed by atoms with E-state index in [0.29, 0.717) is 42.7 Å². The number of aliphatic imine (C=N–C) groups is 1. The molecule has 1 amide bonds. The lowest BCUT2D eigenvalue weighted by molar-refractivity contribution is -0.116. The van der Waals surface area contributed by atoms with Crippen molar-refractivity contribution in [2.45, 2.75) is 73.1 Å². The summed E-state index contributed by atoms with van der Waals surface area (Å²) in [5.74, 6) is 0.514. The van der Waals surface area contributed by atoms with Gasteiger partial charge in [0.15, 0.2) is 0 Å². The number of amides is 1. The molecule has 0 unspecified atom stereocenters. The summed E-state index contributed by atoms with van der Waals surface area (Å²) < 4.78 is 25.5. The second-order valence-electron chi connectivity index (χ2n) is 8.74. The number of halogens is 1. The minimum atomic E-state index is -0.489. The standard InChI is InChI=1S/C29H40FN3O3.C2H6/c1-6-9-22(10-7-2)11-16-28(34)33-24-14-12-23(13-15-24)32-21(4)29-26(30)19-25(36-18-17-35-5)20-27(29)31-8-3;1-2/h8,12-15,19-20,22,32H,4,6-7,9-11,16-18H2,1-3,5H3,(H,33,34);1-2H3. The Morgan fingerprint density at radius 3 is 2.18 bits per heavy atom. The largest absolute Gasteiger partial charge is 0.491 e. The van der Waals surface area contributed by atoms with Crippen LogP contribution in [0.5, 0.6) is 5.75 Å². The van der Waals surface area contributed by atoms with Crippen molar-refractivity contribution in [2.24, 2.45) is 10.9 Å². The SMILES string of the molecule is C=C(Nc1ccc(NC(=O)CCC(CCC)CCC)cc1)c1c(F)cc(OCCOC)cc1N=CC.CC. The maximum atomic E-state index is 15.0. The van der Waals surface area contributed by atoms with Crippen LogP contribution in [-0.4, -0.2) is 32.4 Å². The zero-order chi connectivity index (χ0) is 28.3. The third-order valence-electron chi connectivity index (χ3n) is 5.81. The second kappa shape index (κ2) is 19.0. The van der Waals surface area contributed by atoms with Gasteiger partial charge >= 0.3 is 0 Å². The van der Waals surface area contributed by atoms with E-state index in [-0.39, 0.29) is 11.5 Å². The van der Waals surface area contributed by atoms with Crippen LogP contribution in [0.15, 0.2) is 48.0 Å². The molecule has 0 aromatic heterocycles. The van der Waals surface area contributed by atoms with Crippen LogP contribution in [0.4, 0.5) is 21.5 Å². The molecule has 0 fully saturated rings. The van der Waals surface area contributed by atoms with Gasteiger partial charge in [0.25, 0.3) is 0 Å². The van der Waals surface area contributed by atoms with Gasteiger partial charge in [-0.2, -0.15) is 0 Å². The Morgan fingerprint density at radius 1 is 1.03 bits per heavy atom. The van der Waals surface area contributed by atoms with Crippen LogP contribution in [0.1, 0.15) is 78.7 Å². The third-order valence-corrected chi connectivity index (χ3v) is 5.81. The molecular formula is C31H46FN3O3. The average molecular weight is 528 g/mol. The molecule has 38 heavy (non-hydrogen) atoms. The Labute approximate surface area is 228 Å². The summed E-state index contributed by atoms with van der Waals surface area (Å²) in [4.78, 5) is 16.7. The van der Waals surface area contributed by atoms with Gasteiger partial charge in [-0.1, -0.05) is 60.0 Å². The number of nitrogens with one attached hydrogen (secondary N) is 2. The van der Waals surface area contributed by atoms with Gasteiger partial charge < -0.3 is 20.1 Å². The second-order valence-corrected chi connectivity index (χ2v) is 8.74. The van der Waals surface area contributed by atoms with Crippen LogP contribution in [0.3, 0.4) is 0 Å². The third kappa shape index (κ3) is 11.5. The molecule has 0 bridgehead atoms. The Bertz CT molecular complexity index is 1000. The number of rotatable bonds is 16. The van der Waals surface area contributed by atoms with Crippen molar-refractivity contribution in [1.29, 1.82) is 0 Å². The van der Waals surface area contributed by atoms with Crippen LogP contribution < -0.4 is 15.4 Å². The van der Waals surface area contributed by atoms with E-state index in [4.69, 9.17) is 9.47 Å². The van der Waals surface area contributed by atoms with Crippen molar-refractivity contribution < 1.29 is 18.7 Å². The minimum Gasteiger partial charge on any atom is -0.491 e. The number of carbonyl (C=O) groups excluding carboxylic acids is 1. The fraction of sp³-hybridized carbons (Fsp3) is 0.484. The van der Waals surface area contributed by atoms with Crippen molar-refractivity contribution >= 4 is 34.9 Å². The highest BCUT2D eigenvalue weighted by atomic mass is 19.1. The zero-order valence-corrected chi connectivity index (χ0v) is 24.0. The molecule has 0 aliphatic heterocycles. The monoisotopic (exact) mass is 527 g/mol. The molecule has 6 nitrogen and oxygen atoms in total. The number of ether oxygens (including phenoxy) is 2. The summed E-state index contributed by atoms with van der Waals surface area (Å²) in [6.07, 6.45) is 7.66. The molecule has 2 aromatic carbocycles. The predicted molar refractivity (Wildman–Crippen MR) is 159 cm³/mol. The molecule has 0 saturated carbocycles. The smallest absolute Gasteiger partial charge is 0.224 e. The van der Waals surface area contributed by atoms with Gasteiger partial charge in [0.2, 0.25) is 5.91 Å². The topological polar surface area (TPSA) is 72.0 Å². The number of methoxy groups -OCH3 is 1. The number of hydrogen-bond donors (Lipinski definition) is 2. The van der Waals surface area contributed by atoms with E-state index in [1.165, 1.54) is 18.9 Å². The lowest BCUT2D eigenvalue weighted by atomic mass is 9.93. The molecule has 0 atom stereocenters. The first-order chi connectivity index (χ1) is 18.4. The van der Waals surface area contributed by atoms with Crippen molar-refractivity contribution in [3.8, 4) is 5.75 Å². The highest BCUT2D eigenvalue weighted by Crippen LogP contribution is 2.33. The summed E-state index contributed by atoms with van der Waals surface area (Å²) in [6, 6.07) is 10.3. The Balaban J connectivity index is 0.00000352. The highest BCUT2D eigenvalue weighted by molar-refractivity contribution is 5.91. The highest BCUT2D eigenvalue weighted by Gasteiger charge is 2.15. The van der Waals surface area contributed by atoms with E-state index in [0.717, 1.165) is 30.6 Å². The van der Waals surface area contributed by atoms with E-state index in [1.54, 1.807) is 26.3 Å². The Kier molecular flexibility index (Phi) is 16.4. The Hall–Kier alpha value is -3.19. The van der Waals surface area contributed by atoms with E-state index in [9.17, 15) is 9.18 Å². The molecular weight excluding hydrogens is 481 g/mol. The van der Waals surface area contributed by atoms with Crippen LogP contribution in [0, 0.1) is 11.7 Å². The fourth-order valence-electron chi connectivity index (χ4n) is 4.12. The first-order valence-corrected chi connectivity index (χ1v) is 13.7. The summed E-state index contributed by atoms with van der Waals surface area (Å²) in [5, 5.41) is 6.10. The summed E-state index contributed by atoms with van der Waals surface area (Å²) in [5.41, 5.74) is 2.48. The number of anilines is 2. The first-order valence-electron chi connectivity index (χ1n) is 13.7. The molecule has 7 heteroatoms. The van der Waals surface area contributed by atoms with Crippen molar-refractivity contribution in [3.63, 3.8) is 0 Å². The summed E-state index contributed by atoms with van der Waals surface area (Å²) >= 11 is 0. The van der Waals surface area contributed by atoms with Crippen molar-refractivity contribution in [2.75, 3.05) is 31.0 Å². The molecule has 0 heterocycles. The first kappa shape index (κ1) is 32.8. The van der Waals surface area contributed by atoms with Gasteiger partial charge in [0.1, 0.15) is 18.2 Å². The minimum absolute atomic E-state index is 0.0225. The predicted octanol–water partition coefficient (Wildman–Crippen LogP) is 8.62. The number of carbonyl (C=O) groups is 1. The van der Waals surface area contributed by atoms with Gasteiger partial charge in [-0.3, -0.25) is 9.79 Å². The van der Waals surface area contributed by atoms with Gasteiger partial charge in [0, 0.05) is 48.9 Å². The van der Waals surface area contributed by atoms with E-state index >= 15 is 0 Å². The van der Waals surface area contributed by atoms with E-state index < -0.39 is 5.82 Å². The lowest BCUT2D eigenvalue weighted by Gasteiger charge is -2.16. The summed E-state index contributed by atoms with van der Waals surface area (Å²) in [6.45, 7) is 14.9. The molecule has 2 N–H and O–H groups in total. The number of benzene rings is 2. The van der Waals surface area contributed by atoms with E-state index in [1.807, 2.05) is 38.1 Å². The summed E-state index contributed by atoms with van der Waals surface area (Å²) in [7, 11) is 1.58. The molecule has 0 aliphatic rings. The molecule has 0 radical (unpaired) electrons. The van der Waals surface area contributed by atoms with Crippen LogP contribution in [0.2, 0.25) is 0 Å². The molecule has 210 valence electrons. The van der Waals surface area contributed by atoms with Gasteiger partial charge in [-0.15, -0.1) is 0 Å². The number of nitrogens with zero attached hydrogens (tertiary/aromatic N) is 1. The maximum absolute atomic E-state index is 15.0. The van der Waals surface area contributed by atoms with E-state index in [2.05, 4.69) is 36.1 Å². The Morgan fingerprint density at radius 2 is 1.63 bits per heavy atom. The van der Waals surface area contributed by atoms with Gasteiger partial charge in [0.05, 0.1) is 17.9 Å². The average Bonchev–Trinajstić information content (AvgIpc) is 2.90. The molecule has 0 spiro atoms. The van der Waals surface area contributed by atoms with Crippen molar-refractivity contribution in [3.05, 3.63) is 54.4 Å².